The lowest BCUT2D eigenvalue weighted by atomic mass is 10.1. The Hall–Kier alpha value is -3.27. The molecule has 4 heteroatoms. The predicted octanol–water partition coefficient (Wildman–Crippen LogP) is 4.82. The van der Waals surface area contributed by atoms with E-state index in [1.807, 2.05) is 23.1 Å². The molecule has 0 unspecified atom stereocenters. The van der Waals surface area contributed by atoms with Crippen LogP contribution in [0.1, 0.15) is 32.6 Å². The summed E-state index contributed by atoms with van der Waals surface area (Å²) in [5, 5.41) is 0. The van der Waals surface area contributed by atoms with Gasteiger partial charge in [0.15, 0.2) is 11.5 Å². The molecule has 0 atom stereocenters. The van der Waals surface area contributed by atoms with E-state index < -0.39 is 0 Å². The zero-order valence-corrected chi connectivity index (χ0v) is 17.7. The third-order valence-corrected chi connectivity index (χ3v) is 5.84. The molecular weight excluding hydrogens is 374 g/mol. The summed E-state index contributed by atoms with van der Waals surface area (Å²) >= 11 is 0. The van der Waals surface area contributed by atoms with Gasteiger partial charge in [-0.15, -0.1) is 0 Å². The molecule has 30 heavy (non-hydrogen) atoms. The number of carbonyl (C=O) groups is 1. The molecule has 0 saturated heterocycles. The molecule has 1 amide bonds. The maximum Gasteiger partial charge on any atom is 0.258 e. The molecule has 154 valence electrons. The second-order valence-corrected chi connectivity index (χ2v) is 7.79. The number of amides is 1. The van der Waals surface area contributed by atoms with Gasteiger partial charge in [-0.2, -0.15) is 0 Å². The largest absolute Gasteiger partial charge is 0.493 e. The first-order chi connectivity index (χ1) is 14.6. The molecule has 0 saturated carbocycles. The fraction of sp³-hybridized carbons (Fsp3) is 0.269. The van der Waals surface area contributed by atoms with E-state index >= 15 is 0 Å². The molecule has 0 aliphatic heterocycles. The van der Waals surface area contributed by atoms with Crippen LogP contribution in [-0.4, -0.2) is 31.1 Å². The Morgan fingerprint density at radius 2 is 1.57 bits per heavy atom. The van der Waals surface area contributed by atoms with Gasteiger partial charge in [0.1, 0.15) is 0 Å². The van der Waals surface area contributed by atoms with Gasteiger partial charge in [0, 0.05) is 12.6 Å². The van der Waals surface area contributed by atoms with Crippen LogP contribution in [0, 0.1) is 6.92 Å². The van der Waals surface area contributed by atoms with E-state index in [0.29, 0.717) is 23.6 Å². The van der Waals surface area contributed by atoms with Crippen molar-refractivity contribution < 1.29 is 14.3 Å². The highest BCUT2D eigenvalue weighted by atomic mass is 16.5. The zero-order chi connectivity index (χ0) is 21.1. The van der Waals surface area contributed by atoms with E-state index in [9.17, 15) is 4.79 Å². The number of nitrogens with zero attached hydrogens (tertiary/aromatic N) is 1. The van der Waals surface area contributed by atoms with Crippen LogP contribution in [0.4, 0.5) is 0 Å². The number of aryl methyl sites for hydroxylation is 1. The second kappa shape index (κ2) is 8.62. The quantitative estimate of drug-likeness (QED) is 0.594. The summed E-state index contributed by atoms with van der Waals surface area (Å²) in [6, 6.07) is 22.4. The summed E-state index contributed by atoms with van der Waals surface area (Å²) in [5.41, 5.74) is 5.50. The molecule has 0 fully saturated rings. The van der Waals surface area contributed by atoms with E-state index in [0.717, 1.165) is 18.4 Å². The molecule has 0 bridgehead atoms. The minimum Gasteiger partial charge on any atom is -0.493 e. The molecule has 0 radical (unpaired) electrons. The van der Waals surface area contributed by atoms with E-state index in [2.05, 4.69) is 55.5 Å². The van der Waals surface area contributed by atoms with Crippen LogP contribution in [0.25, 0.3) is 0 Å². The summed E-state index contributed by atoms with van der Waals surface area (Å²) < 4.78 is 11.0. The van der Waals surface area contributed by atoms with Gasteiger partial charge in [-0.1, -0.05) is 60.2 Å². The van der Waals surface area contributed by atoms with Crippen LogP contribution in [0.2, 0.25) is 0 Å². The van der Waals surface area contributed by atoms with Crippen molar-refractivity contribution in [1.29, 1.82) is 0 Å². The van der Waals surface area contributed by atoms with Crippen molar-refractivity contribution in [3.63, 3.8) is 0 Å². The van der Waals surface area contributed by atoms with E-state index in [1.165, 1.54) is 16.7 Å². The van der Waals surface area contributed by atoms with Crippen molar-refractivity contribution in [2.45, 2.75) is 32.4 Å². The van der Waals surface area contributed by atoms with Gasteiger partial charge in [0.05, 0.1) is 19.8 Å². The fourth-order valence-electron chi connectivity index (χ4n) is 4.22. The first kappa shape index (κ1) is 20.0. The standard InChI is InChI=1S/C26H27NO3/c1-18-11-13-19(14-12-18)17-27(22-15-20-7-4-5-8-21(20)16-22)26(28)23-9-6-10-24(29-2)25(23)30-3/h4-14,22H,15-17H2,1-3H3. The monoisotopic (exact) mass is 401 g/mol. The first-order valence-corrected chi connectivity index (χ1v) is 10.2. The van der Waals surface area contributed by atoms with Gasteiger partial charge in [-0.25, -0.2) is 0 Å². The van der Waals surface area contributed by atoms with Crippen molar-refractivity contribution in [2.75, 3.05) is 14.2 Å². The number of para-hydroxylation sites is 1. The number of ether oxygens (including phenoxy) is 2. The predicted molar refractivity (Wildman–Crippen MR) is 118 cm³/mol. The van der Waals surface area contributed by atoms with Crippen LogP contribution >= 0.6 is 0 Å². The molecule has 3 aromatic rings. The van der Waals surface area contributed by atoms with Crippen molar-refractivity contribution in [3.8, 4) is 11.5 Å². The third-order valence-electron chi connectivity index (χ3n) is 5.84. The number of hydrogen-bond acceptors (Lipinski definition) is 3. The number of rotatable bonds is 6. The minimum absolute atomic E-state index is 0.0378. The van der Waals surface area contributed by atoms with Crippen molar-refractivity contribution in [1.82, 2.24) is 4.90 Å². The lowest BCUT2D eigenvalue weighted by molar-refractivity contribution is 0.0663. The maximum atomic E-state index is 13.8. The van der Waals surface area contributed by atoms with Crippen LogP contribution in [0.5, 0.6) is 11.5 Å². The average Bonchev–Trinajstić information content (AvgIpc) is 3.21. The van der Waals surface area contributed by atoms with Gasteiger partial charge < -0.3 is 14.4 Å². The van der Waals surface area contributed by atoms with Gasteiger partial charge >= 0.3 is 0 Å². The Balaban J connectivity index is 1.70. The molecular formula is C26H27NO3. The van der Waals surface area contributed by atoms with Crippen molar-refractivity contribution in [3.05, 3.63) is 94.5 Å². The molecule has 3 aromatic carbocycles. The highest BCUT2D eigenvalue weighted by molar-refractivity contribution is 5.98. The Kier molecular flexibility index (Phi) is 5.75. The second-order valence-electron chi connectivity index (χ2n) is 7.79. The lowest BCUT2D eigenvalue weighted by Gasteiger charge is -2.30. The number of hydrogen-bond donors (Lipinski definition) is 0. The smallest absolute Gasteiger partial charge is 0.258 e. The van der Waals surface area contributed by atoms with Gasteiger partial charge in [-0.3, -0.25) is 4.79 Å². The Bertz CT molecular complexity index is 1020. The average molecular weight is 402 g/mol. The summed E-state index contributed by atoms with van der Waals surface area (Å²) in [5.74, 6) is 1.01. The Labute approximate surface area is 178 Å². The molecule has 4 nitrogen and oxygen atoms in total. The maximum absolute atomic E-state index is 13.8. The fourth-order valence-corrected chi connectivity index (χ4v) is 4.22. The highest BCUT2D eigenvalue weighted by Gasteiger charge is 2.32. The normalized spacial score (nSPS) is 13.0. The Morgan fingerprint density at radius 3 is 2.17 bits per heavy atom. The lowest BCUT2D eigenvalue weighted by Crippen LogP contribution is -2.40. The molecule has 1 aliphatic carbocycles. The SMILES string of the molecule is COc1cccc(C(=O)N(Cc2ccc(C)cc2)C2Cc3ccccc3C2)c1OC. The van der Waals surface area contributed by atoms with E-state index in [1.54, 1.807) is 14.2 Å². The number of carbonyl (C=O) groups excluding carboxylic acids is 1. The summed E-state index contributed by atoms with van der Waals surface area (Å²) in [6.45, 7) is 2.62. The highest BCUT2D eigenvalue weighted by Crippen LogP contribution is 2.34. The first-order valence-electron chi connectivity index (χ1n) is 10.2. The molecule has 1 aliphatic rings. The number of fused-ring (bicyclic) bond motifs is 1. The zero-order valence-electron chi connectivity index (χ0n) is 17.7. The van der Waals surface area contributed by atoms with Crippen molar-refractivity contribution >= 4 is 5.91 Å². The van der Waals surface area contributed by atoms with Gasteiger partial charge in [0.25, 0.3) is 5.91 Å². The van der Waals surface area contributed by atoms with Gasteiger partial charge in [-0.05, 0) is 48.6 Å². The summed E-state index contributed by atoms with van der Waals surface area (Å²) in [6.07, 6.45) is 1.72. The topological polar surface area (TPSA) is 38.8 Å². The minimum atomic E-state index is -0.0378. The number of benzene rings is 3. The molecule has 0 spiro atoms. The Morgan fingerprint density at radius 1 is 0.900 bits per heavy atom. The van der Waals surface area contributed by atoms with E-state index in [4.69, 9.17) is 9.47 Å². The van der Waals surface area contributed by atoms with Crippen LogP contribution < -0.4 is 9.47 Å². The van der Waals surface area contributed by atoms with Crippen LogP contribution in [0.3, 0.4) is 0 Å². The van der Waals surface area contributed by atoms with Crippen LogP contribution in [-0.2, 0) is 19.4 Å². The molecule has 0 aromatic heterocycles. The molecule has 0 N–H and O–H groups in total. The van der Waals surface area contributed by atoms with Crippen molar-refractivity contribution in [2.24, 2.45) is 0 Å². The molecule has 4 rings (SSSR count). The third kappa shape index (κ3) is 3.90. The molecule has 0 heterocycles. The van der Waals surface area contributed by atoms with Crippen LogP contribution in [0.15, 0.2) is 66.7 Å². The summed E-state index contributed by atoms with van der Waals surface area (Å²) in [4.78, 5) is 15.8. The number of methoxy groups -OCH3 is 2. The van der Waals surface area contributed by atoms with Gasteiger partial charge in [0.2, 0.25) is 0 Å². The summed E-state index contributed by atoms with van der Waals surface area (Å²) in [7, 11) is 3.16. The van der Waals surface area contributed by atoms with E-state index in [-0.39, 0.29) is 11.9 Å².